The monoisotopic (exact) mass is 255 g/mol. The van der Waals surface area contributed by atoms with Gasteiger partial charge < -0.3 is 10.6 Å². The zero-order valence-corrected chi connectivity index (χ0v) is 11.0. The Balaban J connectivity index is 2.72. The van der Waals surface area contributed by atoms with Crippen LogP contribution < -0.4 is 10.6 Å². The second-order valence-electron chi connectivity index (χ2n) is 3.79. The zero-order chi connectivity index (χ0) is 12.8. The van der Waals surface area contributed by atoms with E-state index in [9.17, 15) is 9.00 Å². The van der Waals surface area contributed by atoms with Gasteiger partial charge in [0, 0.05) is 54.0 Å². The summed E-state index contributed by atoms with van der Waals surface area (Å²) in [5, 5.41) is 5.72. The summed E-state index contributed by atoms with van der Waals surface area (Å²) < 4.78 is 11.0. The van der Waals surface area contributed by atoms with E-state index in [0.717, 1.165) is 5.69 Å². The molecule has 0 aliphatic carbocycles. The lowest BCUT2D eigenvalue weighted by Crippen LogP contribution is -2.36. The predicted octanol–water partition coefficient (Wildman–Crippen LogP) is 0.620. The number of hydrogen-bond donors (Lipinski definition) is 2. The number of pyridine rings is 1. The summed E-state index contributed by atoms with van der Waals surface area (Å²) in [7, 11) is 0.825. The third-order valence-corrected chi connectivity index (χ3v) is 3.17. The van der Waals surface area contributed by atoms with E-state index in [1.807, 2.05) is 6.92 Å². The first-order chi connectivity index (χ1) is 8.04. The molecular formula is C11H17N3O2S. The van der Waals surface area contributed by atoms with E-state index in [-0.39, 0.29) is 11.9 Å². The molecule has 1 amide bonds. The zero-order valence-electron chi connectivity index (χ0n) is 10.2. The van der Waals surface area contributed by atoms with Gasteiger partial charge >= 0.3 is 0 Å². The van der Waals surface area contributed by atoms with Crippen LogP contribution in [0.4, 0.5) is 5.69 Å². The average molecular weight is 255 g/mol. The maximum absolute atomic E-state index is 11.9. The van der Waals surface area contributed by atoms with Crippen molar-refractivity contribution in [2.45, 2.75) is 13.0 Å². The molecule has 0 bridgehead atoms. The number of amides is 1. The number of anilines is 1. The van der Waals surface area contributed by atoms with Crippen molar-refractivity contribution in [3.05, 3.63) is 24.0 Å². The summed E-state index contributed by atoms with van der Waals surface area (Å²) in [6.07, 6.45) is 4.75. The highest BCUT2D eigenvalue weighted by molar-refractivity contribution is 7.84. The molecule has 1 aromatic rings. The normalized spacial score (nSPS) is 13.8. The maximum Gasteiger partial charge on any atom is 0.255 e. The molecule has 0 fully saturated rings. The smallest absolute Gasteiger partial charge is 0.255 e. The fourth-order valence-electron chi connectivity index (χ4n) is 1.49. The minimum atomic E-state index is -0.922. The van der Waals surface area contributed by atoms with Crippen LogP contribution in [0.2, 0.25) is 0 Å². The van der Waals surface area contributed by atoms with Crippen molar-refractivity contribution in [2.75, 3.05) is 24.4 Å². The molecule has 6 heteroatoms. The molecule has 2 atom stereocenters. The van der Waals surface area contributed by atoms with E-state index >= 15 is 0 Å². The third-order valence-electron chi connectivity index (χ3n) is 2.20. The lowest BCUT2D eigenvalue weighted by Gasteiger charge is -2.14. The van der Waals surface area contributed by atoms with Crippen LogP contribution in [0.5, 0.6) is 0 Å². The van der Waals surface area contributed by atoms with Crippen LogP contribution in [0.1, 0.15) is 17.3 Å². The summed E-state index contributed by atoms with van der Waals surface area (Å²) in [5.41, 5.74) is 1.21. The Hall–Kier alpha value is -1.43. The summed E-state index contributed by atoms with van der Waals surface area (Å²) in [5.74, 6) is 0.237. The second kappa shape index (κ2) is 6.34. The van der Waals surface area contributed by atoms with E-state index in [4.69, 9.17) is 0 Å². The van der Waals surface area contributed by atoms with Crippen LogP contribution in [0.25, 0.3) is 0 Å². The van der Waals surface area contributed by atoms with Crippen LogP contribution in [-0.4, -0.2) is 40.2 Å². The molecule has 1 aromatic heterocycles. The van der Waals surface area contributed by atoms with Gasteiger partial charge in [0.2, 0.25) is 0 Å². The molecule has 0 radical (unpaired) electrons. The maximum atomic E-state index is 11.9. The molecule has 0 saturated heterocycles. The van der Waals surface area contributed by atoms with Crippen LogP contribution in [0.15, 0.2) is 18.5 Å². The highest BCUT2D eigenvalue weighted by Gasteiger charge is 2.13. The molecule has 17 heavy (non-hydrogen) atoms. The number of nitrogens with zero attached hydrogens (tertiary/aromatic N) is 1. The van der Waals surface area contributed by atoms with Gasteiger partial charge in [0.25, 0.3) is 5.91 Å². The average Bonchev–Trinajstić information content (AvgIpc) is 2.27. The minimum absolute atomic E-state index is 0.127. The van der Waals surface area contributed by atoms with Gasteiger partial charge in [0.05, 0.1) is 5.56 Å². The van der Waals surface area contributed by atoms with Crippen molar-refractivity contribution in [1.29, 1.82) is 0 Å². The Kier molecular flexibility index (Phi) is 5.09. The Labute approximate surface area is 103 Å². The largest absolute Gasteiger partial charge is 0.387 e. The molecule has 0 saturated carbocycles. The van der Waals surface area contributed by atoms with E-state index in [2.05, 4.69) is 15.6 Å². The summed E-state index contributed by atoms with van der Waals surface area (Å²) in [6, 6.07) is 1.61. The minimum Gasteiger partial charge on any atom is -0.387 e. The Morgan fingerprint density at radius 3 is 2.88 bits per heavy atom. The highest BCUT2D eigenvalue weighted by Crippen LogP contribution is 2.12. The topological polar surface area (TPSA) is 71.1 Å². The van der Waals surface area contributed by atoms with E-state index in [0.29, 0.717) is 11.3 Å². The summed E-state index contributed by atoms with van der Waals surface area (Å²) in [6.45, 7) is 1.83. The number of nitrogens with one attached hydrogen (secondary N) is 2. The Morgan fingerprint density at radius 2 is 2.29 bits per heavy atom. The fraction of sp³-hybridized carbons (Fsp3) is 0.455. The van der Waals surface area contributed by atoms with Gasteiger partial charge in [-0.25, -0.2) is 0 Å². The van der Waals surface area contributed by atoms with Crippen molar-refractivity contribution in [1.82, 2.24) is 10.3 Å². The summed E-state index contributed by atoms with van der Waals surface area (Å²) in [4.78, 5) is 15.8. The molecule has 0 aromatic carbocycles. The number of rotatable bonds is 5. The standard InChI is InChI=1S/C11H17N3O2S/c1-8(7-17(3)16)14-11(15)9-6-13-5-4-10(9)12-2/h4-6,8H,7H2,1-3H3,(H,12,13)(H,14,15). The molecule has 0 aliphatic rings. The van der Waals surface area contributed by atoms with Crippen LogP contribution in [0, 0.1) is 0 Å². The number of aromatic nitrogens is 1. The number of hydrogen-bond acceptors (Lipinski definition) is 4. The van der Waals surface area contributed by atoms with E-state index < -0.39 is 10.8 Å². The van der Waals surface area contributed by atoms with Crippen molar-refractivity contribution in [2.24, 2.45) is 0 Å². The first-order valence-corrected chi connectivity index (χ1v) is 7.00. The van der Waals surface area contributed by atoms with Crippen LogP contribution in [0.3, 0.4) is 0 Å². The molecule has 2 N–H and O–H groups in total. The van der Waals surface area contributed by atoms with Crippen molar-refractivity contribution >= 4 is 22.4 Å². The van der Waals surface area contributed by atoms with E-state index in [1.54, 1.807) is 25.6 Å². The predicted molar refractivity (Wildman–Crippen MR) is 69.6 cm³/mol. The first-order valence-electron chi connectivity index (χ1n) is 5.27. The molecule has 5 nitrogen and oxygen atoms in total. The fourth-order valence-corrected chi connectivity index (χ4v) is 2.28. The third kappa shape index (κ3) is 4.14. The lowest BCUT2D eigenvalue weighted by atomic mass is 10.2. The number of carbonyl (C=O) groups excluding carboxylic acids is 1. The second-order valence-corrected chi connectivity index (χ2v) is 5.27. The van der Waals surface area contributed by atoms with Gasteiger partial charge in [0.1, 0.15) is 0 Å². The van der Waals surface area contributed by atoms with Crippen LogP contribution in [-0.2, 0) is 10.8 Å². The van der Waals surface area contributed by atoms with Gasteiger partial charge in [-0.1, -0.05) is 0 Å². The first kappa shape index (κ1) is 13.6. The SMILES string of the molecule is CNc1ccncc1C(=O)NC(C)CS(C)=O. The van der Waals surface area contributed by atoms with E-state index in [1.165, 1.54) is 6.20 Å². The van der Waals surface area contributed by atoms with Gasteiger partial charge in [-0.15, -0.1) is 0 Å². The summed E-state index contributed by atoms with van der Waals surface area (Å²) >= 11 is 0. The van der Waals surface area contributed by atoms with Crippen molar-refractivity contribution in [3.8, 4) is 0 Å². The van der Waals surface area contributed by atoms with Crippen molar-refractivity contribution < 1.29 is 9.00 Å². The Morgan fingerprint density at radius 1 is 1.59 bits per heavy atom. The van der Waals surface area contributed by atoms with Gasteiger partial charge in [-0.3, -0.25) is 14.0 Å². The highest BCUT2D eigenvalue weighted by atomic mass is 32.2. The molecule has 1 rings (SSSR count). The lowest BCUT2D eigenvalue weighted by molar-refractivity contribution is 0.0944. The molecule has 0 spiro atoms. The van der Waals surface area contributed by atoms with Gasteiger partial charge in [-0.2, -0.15) is 0 Å². The van der Waals surface area contributed by atoms with Crippen molar-refractivity contribution in [3.63, 3.8) is 0 Å². The quantitative estimate of drug-likeness (QED) is 0.809. The molecule has 0 aliphatic heterocycles. The molecular weight excluding hydrogens is 238 g/mol. The molecule has 94 valence electrons. The molecule has 2 unspecified atom stereocenters. The Bertz CT molecular complexity index is 423. The molecule has 1 heterocycles. The van der Waals surface area contributed by atoms with Gasteiger partial charge in [0.15, 0.2) is 0 Å². The number of carbonyl (C=O) groups is 1. The van der Waals surface area contributed by atoms with Crippen LogP contribution >= 0.6 is 0 Å². The van der Waals surface area contributed by atoms with Gasteiger partial charge in [-0.05, 0) is 13.0 Å².